The van der Waals surface area contributed by atoms with Crippen molar-refractivity contribution >= 4 is 17.6 Å². The monoisotopic (exact) mass is 572 g/mol. The summed E-state index contributed by atoms with van der Waals surface area (Å²) in [7, 11) is 0. The molecule has 0 radical (unpaired) electrons. The summed E-state index contributed by atoms with van der Waals surface area (Å²) in [5, 5.41) is 13.7. The molecule has 0 bridgehead atoms. The molecule has 3 aromatic rings. The van der Waals surface area contributed by atoms with Crippen LogP contribution in [0.15, 0.2) is 60.7 Å². The molecule has 2 aliphatic rings. The van der Waals surface area contributed by atoms with E-state index in [9.17, 15) is 14.7 Å². The van der Waals surface area contributed by atoms with Crippen LogP contribution in [-0.2, 0) is 20.7 Å². The molecule has 0 unspecified atom stereocenters. The van der Waals surface area contributed by atoms with E-state index in [0.29, 0.717) is 32.1 Å². The van der Waals surface area contributed by atoms with Gasteiger partial charge in [0.1, 0.15) is 18.1 Å². The number of benzene rings is 3. The van der Waals surface area contributed by atoms with Crippen molar-refractivity contribution in [3.63, 3.8) is 0 Å². The van der Waals surface area contributed by atoms with E-state index in [0.717, 1.165) is 45.7 Å². The molecule has 0 aromatic heterocycles. The minimum absolute atomic E-state index is 0.0605. The fraction of sp³-hybridized carbons (Fsp3) is 0.412. The molecule has 8 nitrogen and oxygen atoms in total. The van der Waals surface area contributed by atoms with Crippen LogP contribution in [0.3, 0.4) is 0 Å². The van der Waals surface area contributed by atoms with Gasteiger partial charge >= 0.3 is 5.97 Å². The number of aliphatic carboxylic acids is 1. The van der Waals surface area contributed by atoms with E-state index in [1.54, 1.807) is 0 Å². The number of fused-ring (bicyclic) bond motifs is 1. The number of ether oxygens (including phenoxy) is 3. The van der Waals surface area contributed by atoms with Gasteiger partial charge in [0.2, 0.25) is 5.91 Å². The number of carboxylic acid groups (broad SMARTS) is 1. The molecule has 0 spiro atoms. The number of carboxylic acids is 1. The molecule has 3 atom stereocenters. The Morgan fingerprint density at radius 1 is 1.02 bits per heavy atom. The third kappa shape index (κ3) is 6.61. The molecular weight excluding hydrogens is 532 g/mol. The van der Waals surface area contributed by atoms with Gasteiger partial charge in [0.05, 0.1) is 31.8 Å². The zero-order valence-corrected chi connectivity index (χ0v) is 24.8. The molecule has 2 N–H and O–H groups in total. The van der Waals surface area contributed by atoms with Gasteiger partial charge in [-0.05, 0) is 73.7 Å². The highest BCUT2D eigenvalue weighted by Crippen LogP contribution is 2.47. The molecule has 3 aromatic carbocycles. The minimum atomic E-state index is -0.893. The highest BCUT2D eigenvalue weighted by atomic mass is 16.5. The van der Waals surface area contributed by atoms with Crippen LogP contribution in [0.4, 0.5) is 5.69 Å². The SMILES string of the molecule is Cc1cccc(C)c1NC(=O)CN1C[C@H](c2ccc3c(c2)OCC3)[C@@H](C(=O)O)[C@@H]1c1ccc(OCCOC(C)C)cc1. The van der Waals surface area contributed by atoms with E-state index in [2.05, 4.69) is 5.32 Å². The summed E-state index contributed by atoms with van der Waals surface area (Å²) in [5.41, 5.74) is 5.64. The lowest BCUT2D eigenvalue weighted by atomic mass is 9.82. The summed E-state index contributed by atoms with van der Waals surface area (Å²) < 4.78 is 17.2. The second-order valence-electron chi connectivity index (χ2n) is 11.5. The highest BCUT2D eigenvalue weighted by Gasteiger charge is 2.48. The standard InChI is InChI=1S/C34H40N2O6/c1-21(2)40-16-17-41-27-12-10-25(11-13-27)33-31(34(38)39)28(26-9-8-24-14-15-42-29(24)18-26)19-36(33)20-30(37)35-32-22(3)6-5-7-23(32)4/h5-13,18,21,28,31,33H,14-17,19-20H2,1-4H3,(H,35,37)(H,38,39)/t28-,31-,33+/m1/s1. The number of likely N-dealkylation sites (tertiary alicyclic amines) is 1. The zero-order chi connectivity index (χ0) is 29.8. The van der Waals surface area contributed by atoms with E-state index in [1.807, 2.05) is 93.3 Å². The lowest BCUT2D eigenvalue weighted by Crippen LogP contribution is -2.35. The summed E-state index contributed by atoms with van der Waals surface area (Å²) in [6, 6.07) is 18.9. The first kappa shape index (κ1) is 29.6. The van der Waals surface area contributed by atoms with Crippen LogP contribution < -0.4 is 14.8 Å². The number of aryl methyl sites for hydroxylation is 2. The number of hydrogen-bond acceptors (Lipinski definition) is 6. The van der Waals surface area contributed by atoms with Crippen molar-refractivity contribution < 1.29 is 28.9 Å². The number of rotatable bonds is 11. The van der Waals surface area contributed by atoms with Gasteiger partial charge in [-0.2, -0.15) is 0 Å². The summed E-state index contributed by atoms with van der Waals surface area (Å²) in [6.07, 6.45) is 0.989. The van der Waals surface area contributed by atoms with Crippen LogP contribution >= 0.6 is 0 Å². The number of para-hydroxylation sites is 1. The molecule has 1 amide bonds. The van der Waals surface area contributed by atoms with Gasteiger partial charge in [0.25, 0.3) is 0 Å². The Hall–Kier alpha value is -3.88. The fourth-order valence-corrected chi connectivity index (χ4v) is 6.12. The number of anilines is 1. The smallest absolute Gasteiger partial charge is 0.309 e. The molecular formula is C34H40N2O6. The Bertz CT molecular complexity index is 1400. The van der Waals surface area contributed by atoms with Crippen molar-refractivity contribution in [2.24, 2.45) is 5.92 Å². The van der Waals surface area contributed by atoms with Crippen LogP contribution in [0, 0.1) is 19.8 Å². The van der Waals surface area contributed by atoms with Crippen molar-refractivity contribution in [3.8, 4) is 11.5 Å². The average molecular weight is 573 g/mol. The van der Waals surface area contributed by atoms with Gasteiger partial charge in [-0.25, -0.2) is 0 Å². The van der Waals surface area contributed by atoms with Crippen LogP contribution in [0.2, 0.25) is 0 Å². The molecule has 1 fully saturated rings. The first-order valence-electron chi connectivity index (χ1n) is 14.6. The molecule has 0 saturated carbocycles. The van der Waals surface area contributed by atoms with Gasteiger partial charge in [-0.15, -0.1) is 0 Å². The van der Waals surface area contributed by atoms with Crippen LogP contribution in [0.1, 0.15) is 53.6 Å². The summed E-state index contributed by atoms with van der Waals surface area (Å²) in [5.74, 6) is -0.646. The van der Waals surface area contributed by atoms with E-state index in [1.165, 1.54) is 0 Å². The van der Waals surface area contributed by atoms with Gasteiger partial charge in [-0.3, -0.25) is 14.5 Å². The summed E-state index contributed by atoms with van der Waals surface area (Å²) in [6.45, 7) is 9.91. The maximum atomic E-state index is 13.4. The van der Waals surface area contributed by atoms with Crippen molar-refractivity contribution in [1.29, 1.82) is 0 Å². The fourth-order valence-electron chi connectivity index (χ4n) is 6.12. The third-order valence-corrected chi connectivity index (χ3v) is 8.15. The van der Waals surface area contributed by atoms with Crippen molar-refractivity contribution in [3.05, 3.63) is 88.5 Å². The average Bonchev–Trinajstić information content (AvgIpc) is 3.58. The number of carbonyl (C=O) groups is 2. The van der Waals surface area contributed by atoms with Crippen LogP contribution in [0.5, 0.6) is 11.5 Å². The number of amides is 1. The summed E-state index contributed by atoms with van der Waals surface area (Å²) >= 11 is 0. The Morgan fingerprint density at radius 2 is 1.74 bits per heavy atom. The largest absolute Gasteiger partial charge is 0.493 e. The predicted octanol–water partition coefficient (Wildman–Crippen LogP) is 5.52. The normalized spacial score (nSPS) is 19.9. The number of carbonyl (C=O) groups excluding carboxylic acids is 1. The Kier molecular flexibility index (Phi) is 9.14. The second-order valence-corrected chi connectivity index (χ2v) is 11.5. The second kappa shape index (κ2) is 13.0. The van der Waals surface area contributed by atoms with Gasteiger partial charge in [-0.1, -0.05) is 42.5 Å². The molecule has 0 aliphatic carbocycles. The first-order valence-corrected chi connectivity index (χ1v) is 14.6. The van der Waals surface area contributed by atoms with Gasteiger partial charge in [0, 0.05) is 30.6 Å². The Balaban J connectivity index is 1.42. The van der Waals surface area contributed by atoms with E-state index < -0.39 is 17.9 Å². The molecule has 1 saturated heterocycles. The minimum Gasteiger partial charge on any atom is -0.493 e. The lowest BCUT2D eigenvalue weighted by Gasteiger charge is -2.27. The van der Waals surface area contributed by atoms with Crippen molar-refractivity contribution in [2.75, 3.05) is 38.2 Å². The highest BCUT2D eigenvalue weighted by molar-refractivity contribution is 5.94. The molecule has 2 heterocycles. The van der Waals surface area contributed by atoms with E-state index in [4.69, 9.17) is 14.2 Å². The maximum Gasteiger partial charge on any atom is 0.309 e. The molecule has 5 rings (SSSR count). The lowest BCUT2D eigenvalue weighted by molar-refractivity contribution is -0.143. The van der Waals surface area contributed by atoms with Gasteiger partial charge in [0.15, 0.2) is 0 Å². The van der Waals surface area contributed by atoms with Gasteiger partial charge < -0.3 is 24.6 Å². The molecule has 2 aliphatic heterocycles. The van der Waals surface area contributed by atoms with Crippen molar-refractivity contribution in [1.82, 2.24) is 4.90 Å². The number of nitrogens with zero attached hydrogens (tertiary/aromatic N) is 1. The van der Waals surface area contributed by atoms with Crippen molar-refractivity contribution in [2.45, 2.75) is 52.2 Å². The molecule has 222 valence electrons. The van der Waals surface area contributed by atoms with E-state index >= 15 is 0 Å². The molecule has 42 heavy (non-hydrogen) atoms. The third-order valence-electron chi connectivity index (χ3n) is 8.15. The quantitative estimate of drug-likeness (QED) is 0.292. The zero-order valence-electron chi connectivity index (χ0n) is 24.8. The summed E-state index contributed by atoms with van der Waals surface area (Å²) in [4.78, 5) is 28.3. The topological polar surface area (TPSA) is 97.3 Å². The van der Waals surface area contributed by atoms with Crippen LogP contribution in [-0.4, -0.2) is 60.9 Å². The van der Waals surface area contributed by atoms with E-state index in [-0.39, 0.29) is 24.5 Å². The van der Waals surface area contributed by atoms with Crippen LogP contribution in [0.25, 0.3) is 0 Å². The molecule has 8 heteroatoms. The Labute approximate surface area is 247 Å². The predicted molar refractivity (Wildman–Crippen MR) is 161 cm³/mol. The Morgan fingerprint density at radius 3 is 2.43 bits per heavy atom. The number of nitrogens with one attached hydrogen (secondary N) is 1. The maximum absolute atomic E-state index is 13.4. The first-order chi connectivity index (χ1) is 20.2. The number of hydrogen-bond donors (Lipinski definition) is 2.